The molecule has 1 rings (SSSR count). The summed E-state index contributed by atoms with van der Waals surface area (Å²) in [7, 11) is 0. The van der Waals surface area contributed by atoms with Crippen LogP contribution in [0.15, 0.2) is 24.3 Å². The molecular formula is C15H26N2O. The first-order chi connectivity index (χ1) is 8.15. The van der Waals surface area contributed by atoms with E-state index < -0.39 is 0 Å². The van der Waals surface area contributed by atoms with Gasteiger partial charge < -0.3 is 10.6 Å². The second kappa shape index (κ2) is 5.27. The summed E-state index contributed by atoms with van der Waals surface area (Å²) in [5.41, 5.74) is 0.810. The predicted molar refractivity (Wildman–Crippen MR) is 76.4 cm³/mol. The molecule has 0 aromatic heterocycles. The molecule has 1 heterocycles. The van der Waals surface area contributed by atoms with Crippen LogP contribution in [-0.2, 0) is 4.79 Å². The third-order valence-electron chi connectivity index (χ3n) is 3.25. The number of hydrogen-bond donors (Lipinski definition) is 2. The SMILES string of the molecule is C=CC=C(C)C(=O)NC1CC(C)(C)NC(C)(C)C1. The zero-order valence-corrected chi connectivity index (χ0v) is 12.3. The van der Waals surface area contributed by atoms with Crippen LogP contribution >= 0.6 is 0 Å². The molecule has 0 unspecified atom stereocenters. The van der Waals surface area contributed by atoms with Crippen molar-refractivity contribution in [2.75, 3.05) is 0 Å². The fraction of sp³-hybridized carbons (Fsp3) is 0.667. The highest BCUT2D eigenvalue weighted by molar-refractivity contribution is 5.93. The normalized spacial score (nSPS) is 23.5. The number of amides is 1. The minimum absolute atomic E-state index is 0.00778. The number of rotatable bonds is 3. The highest BCUT2D eigenvalue weighted by Crippen LogP contribution is 2.28. The molecule has 1 fully saturated rings. The van der Waals surface area contributed by atoms with Crippen molar-refractivity contribution in [3.05, 3.63) is 24.3 Å². The molecule has 3 nitrogen and oxygen atoms in total. The molecule has 18 heavy (non-hydrogen) atoms. The highest BCUT2D eigenvalue weighted by Gasteiger charge is 2.38. The van der Waals surface area contributed by atoms with Crippen molar-refractivity contribution in [2.24, 2.45) is 0 Å². The second-order valence-corrected chi connectivity index (χ2v) is 6.56. The molecule has 0 aromatic carbocycles. The van der Waals surface area contributed by atoms with Crippen LogP contribution in [0.1, 0.15) is 47.5 Å². The maximum absolute atomic E-state index is 12.0. The first kappa shape index (κ1) is 15.0. The predicted octanol–water partition coefficient (Wildman–Crippen LogP) is 2.54. The first-order valence-electron chi connectivity index (χ1n) is 6.55. The fourth-order valence-electron chi connectivity index (χ4n) is 2.98. The van der Waals surface area contributed by atoms with Crippen LogP contribution in [0.3, 0.4) is 0 Å². The number of carbonyl (C=O) groups is 1. The maximum Gasteiger partial charge on any atom is 0.247 e. The summed E-state index contributed by atoms with van der Waals surface area (Å²) in [6.07, 6.45) is 5.28. The van der Waals surface area contributed by atoms with Crippen molar-refractivity contribution in [3.8, 4) is 0 Å². The zero-order valence-electron chi connectivity index (χ0n) is 12.3. The molecular weight excluding hydrogens is 224 g/mol. The Morgan fingerprint density at radius 3 is 2.22 bits per heavy atom. The van der Waals surface area contributed by atoms with Crippen molar-refractivity contribution in [3.63, 3.8) is 0 Å². The Morgan fingerprint density at radius 2 is 1.78 bits per heavy atom. The van der Waals surface area contributed by atoms with Gasteiger partial charge in [-0.05, 0) is 47.5 Å². The van der Waals surface area contributed by atoms with Crippen molar-refractivity contribution in [1.29, 1.82) is 0 Å². The second-order valence-electron chi connectivity index (χ2n) is 6.56. The quantitative estimate of drug-likeness (QED) is 0.597. The molecule has 1 saturated heterocycles. The van der Waals surface area contributed by atoms with Gasteiger partial charge in [-0.1, -0.05) is 18.7 Å². The topological polar surface area (TPSA) is 41.1 Å². The third-order valence-corrected chi connectivity index (χ3v) is 3.25. The lowest BCUT2D eigenvalue weighted by Crippen LogP contribution is -2.62. The van der Waals surface area contributed by atoms with Gasteiger partial charge in [-0.15, -0.1) is 0 Å². The monoisotopic (exact) mass is 250 g/mol. The van der Waals surface area contributed by atoms with Gasteiger partial charge in [-0.3, -0.25) is 4.79 Å². The minimum Gasteiger partial charge on any atom is -0.349 e. The summed E-state index contributed by atoms with van der Waals surface area (Å²) < 4.78 is 0. The largest absolute Gasteiger partial charge is 0.349 e. The molecule has 1 aliphatic heterocycles. The summed E-state index contributed by atoms with van der Waals surface area (Å²) in [4.78, 5) is 12.0. The highest BCUT2D eigenvalue weighted by atomic mass is 16.1. The van der Waals surface area contributed by atoms with Crippen molar-refractivity contribution in [1.82, 2.24) is 10.6 Å². The van der Waals surface area contributed by atoms with Gasteiger partial charge in [0.25, 0.3) is 0 Å². The Balaban J connectivity index is 2.70. The lowest BCUT2D eigenvalue weighted by atomic mass is 9.79. The lowest BCUT2D eigenvalue weighted by Gasteiger charge is -2.46. The molecule has 2 N–H and O–H groups in total. The number of nitrogens with one attached hydrogen (secondary N) is 2. The number of piperidine rings is 1. The van der Waals surface area contributed by atoms with Gasteiger partial charge in [-0.25, -0.2) is 0 Å². The molecule has 1 amide bonds. The Morgan fingerprint density at radius 1 is 1.28 bits per heavy atom. The third kappa shape index (κ3) is 4.30. The van der Waals surface area contributed by atoms with Crippen LogP contribution in [0.4, 0.5) is 0 Å². The molecule has 0 radical (unpaired) electrons. The number of allylic oxidation sites excluding steroid dienone is 2. The van der Waals surface area contributed by atoms with E-state index in [2.05, 4.69) is 44.9 Å². The van der Waals surface area contributed by atoms with Gasteiger partial charge in [0.2, 0.25) is 5.91 Å². The van der Waals surface area contributed by atoms with Crippen LogP contribution in [0, 0.1) is 0 Å². The van der Waals surface area contributed by atoms with E-state index in [1.807, 2.05) is 6.92 Å². The van der Waals surface area contributed by atoms with Gasteiger partial charge in [0.15, 0.2) is 0 Å². The van der Waals surface area contributed by atoms with E-state index in [9.17, 15) is 4.79 Å². The first-order valence-corrected chi connectivity index (χ1v) is 6.55. The van der Waals surface area contributed by atoms with Crippen LogP contribution in [0.2, 0.25) is 0 Å². The fourth-order valence-corrected chi connectivity index (χ4v) is 2.98. The van der Waals surface area contributed by atoms with E-state index in [0.717, 1.165) is 12.8 Å². The summed E-state index contributed by atoms with van der Waals surface area (Å²) >= 11 is 0. The Bertz CT molecular complexity index is 351. The molecule has 1 aliphatic rings. The van der Waals surface area contributed by atoms with Gasteiger partial charge >= 0.3 is 0 Å². The minimum atomic E-state index is 0.00778. The summed E-state index contributed by atoms with van der Waals surface area (Å²) in [5.74, 6) is 0.00778. The van der Waals surface area contributed by atoms with Crippen molar-refractivity contribution < 1.29 is 4.79 Å². The molecule has 0 spiro atoms. The summed E-state index contributed by atoms with van der Waals surface area (Å²) in [6, 6.07) is 0.219. The zero-order chi connectivity index (χ0) is 14.0. The maximum atomic E-state index is 12.0. The van der Waals surface area contributed by atoms with Crippen LogP contribution in [-0.4, -0.2) is 23.0 Å². The average molecular weight is 250 g/mol. The molecule has 0 atom stereocenters. The Kier molecular flexibility index (Phi) is 4.38. The van der Waals surface area contributed by atoms with Crippen LogP contribution in [0.5, 0.6) is 0 Å². The van der Waals surface area contributed by atoms with E-state index in [0.29, 0.717) is 5.57 Å². The van der Waals surface area contributed by atoms with Gasteiger partial charge in [-0.2, -0.15) is 0 Å². The van der Waals surface area contributed by atoms with Crippen LogP contribution < -0.4 is 10.6 Å². The molecule has 0 bridgehead atoms. The standard InChI is InChI=1S/C15H26N2O/c1-7-8-11(2)13(18)16-12-9-14(3,4)17-15(5,6)10-12/h7-8,12,17H,1,9-10H2,2-6H3,(H,16,18). The van der Waals surface area contributed by atoms with E-state index >= 15 is 0 Å². The van der Waals surface area contributed by atoms with E-state index in [1.165, 1.54) is 0 Å². The smallest absolute Gasteiger partial charge is 0.247 e. The Hall–Kier alpha value is -1.09. The van der Waals surface area contributed by atoms with Gasteiger partial charge in [0.1, 0.15) is 0 Å². The van der Waals surface area contributed by atoms with Crippen molar-refractivity contribution >= 4 is 5.91 Å². The van der Waals surface area contributed by atoms with E-state index in [-0.39, 0.29) is 23.0 Å². The van der Waals surface area contributed by atoms with Crippen LogP contribution in [0.25, 0.3) is 0 Å². The van der Waals surface area contributed by atoms with Gasteiger partial charge in [0, 0.05) is 22.7 Å². The molecule has 102 valence electrons. The number of carbonyl (C=O) groups excluding carboxylic acids is 1. The Labute approximate surface area is 111 Å². The molecule has 3 heteroatoms. The average Bonchev–Trinajstić information content (AvgIpc) is 2.12. The molecule has 0 aromatic rings. The lowest BCUT2D eigenvalue weighted by molar-refractivity contribution is -0.118. The molecule has 0 saturated carbocycles. The van der Waals surface area contributed by atoms with Gasteiger partial charge in [0.05, 0.1) is 0 Å². The molecule has 0 aliphatic carbocycles. The summed E-state index contributed by atoms with van der Waals surface area (Å²) in [5, 5.41) is 6.73. The van der Waals surface area contributed by atoms with E-state index in [4.69, 9.17) is 0 Å². The van der Waals surface area contributed by atoms with Crippen molar-refractivity contribution in [2.45, 2.75) is 64.6 Å². The number of hydrogen-bond acceptors (Lipinski definition) is 2. The van der Waals surface area contributed by atoms with E-state index in [1.54, 1.807) is 12.2 Å². The summed E-state index contributed by atoms with van der Waals surface area (Å²) in [6.45, 7) is 14.1.